The van der Waals surface area contributed by atoms with Gasteiger partial charge in [-0.3, -0.25) is 9.10 Å². The van der Waals surface area contributed by atoms with E-state index >= 15 is 0 Å². The van der Waals surface area contributed by atoms with Crippen LogP contribution < -0.4 is 19.1 Å². The highest BCUT2D eigenvalue weighted by Gasteiger charge is 2.17. The molecular weight excluding hydrogens is 356 g/mol. The van der Waals surface area contributed by atoms with Crippen LogP contribution in [-0.4, -0.2) is 41.8 Å². The van der Waals surface area contributed by atoms with Crippen molar-refractivity contribution in [3.8, 4) is 11.5 Å². The zero-order valence-corrected chi connectivity index (χ0v) is 16.2. The molecule has 7 nitrogen and oxygen atoms in total. The van der Waals surface area contributed by atoms with Gasteiger partial charge in [0.2, 0.25) is 10.0 Å². The van der Waals surface area contributed by atoms with Crippen molar-refractivity contribution in [2.24, 2.45) is 0 Å². The smallest absolute Gasteiger partial charge is 0.255 e. The molecule has 26 heavy (non-hydrogen) atoms. The Hall–Kier alpha value is -2.74. The van der Waals surface area contributed by atoms with Crippen molar-refractivity contribution in [2.75, 3.05) is 37.1 Å². The molecule has 0 aliphatic carbocycles. The first-order chi connectivity index (χ1) is 12.2. The van der Waals surface area contributed by atoms with Crippen LogP contribution in [0.5, 0.6) is 11.5 Å². The average molecular weight is 378 g/mol. The molecular formula is C18H22N2O5S. The molecule has 0 aliphatic heterocycles. The number of sulfonamides is 1. The summed E-state index contributed by atoms with van der Waals surface area (Å²) in [6.07, 6.45) is 1.11. The Balaban J connectivity index is 2.34. The number of carbonyl (C=O) groups excluding carboxylic acids is 1. The summed E-state index contributed by atoms with van der Waals surface area (Å²) in [7, 11) is 1.06. The molecule has 2 aromatic carbocycles. The molecule has 1 amide bonds. The lowest BCUT2D eigenvalue weighted by atomic mass is 10.1. The predicted molar refractivity (Wildman–Crippen MR) is 102 cm³/mol. The van der Waals surface area contributed by atoms with Gasteiger partial charge in [0.15, 0.2) is 0 Å². The normalized spacial score (nSPS) is 11.0. The Morgan fingerprint density at radius 3 is 2.35 bits per heavy atom. The van der Waals surface area contributed by atoms with Crippen LogP contribution >= 0.6 is 0 Å². The maximum atomic E-state index is 12.6. The van der Waals surface area contributed by atoms with Crippen molar-refractivity contribution in [2.45, 2.75) is 6.92 Å². The van der Waals surface area contributed by atoms with Crippen LogP contribution in [0.1, 0.15) is 15.9 Å². The summed E-state index contributed by atoms with van der Waals surface area (Å²) in [6.45, 7) is 1.78. The number of carbonyl (C=O) groups is 1. The van der Waals surface area contributed by atoms with Crippen LogP contribution in [0.3, 0.4) is 0 Å². The van der Waals surface area contributed by atoms with Crippen molar-refractivity contribution < 1.29 is 22.7 Å². The first-order valence-electron chi connectivity index (χ1n) is 7.75. The van der Waals surface area contributed by atoms with Gasteiger partial charge in [0.1, 0.15) is 11.5 Å². The van der Waals surface area contributed by atoms with Crippen LogP contribution in [0.25, 0.3) is 0 Å². The van der Waals surface area contributed by atoms with Gasteiger partial charge in [-0.05, 0) is 36.8 Å². The predicted octanol–water partition coefficient (Wildman–Crippen LogP) is 2.66. The molecule has 140 valence electrons. The number of hydrogen-bond donors (Lipinski definition) is 1. The molecule has 0 fully saturated rings. The molecule has 0 heterocycles. The number of methoxy groups -OCH3 is 2. The molecule has 0 bridgehead atoms. The van der Waals surface area contributed by atoms with Crippen molar-refractivity contribution in [3.63, 3.8) is 0 Å². The molecule has 0 aromatic heterocycles. The Morgan fingerprint density at radius 2 is 1.77 bits per heavy atom. The zero-order chi connectivity index (χ0) is 19.5. The van der Waals surface area contributed by atoms with E-state index in [2.05, 4.69) is 5.32 Å². The molecule has 2 rings (SSSR count). The van der Waals surface area contributed by atoms with E-state index in [4.69, 9.17) is 9.47 Å². The lowest BCUT2D eigenvalue weighted by molar-refractivity contribution is 0.102. The second-order valence-corrected chi connectivity index (χ2v) is 7.77. The molecule has 0 atom stereocenters. The number of rotatable bonds is 6. The molecule has 0 spiro atoms. The van der Waals surface area contributed by atoms with Crippen LogP contribution in [0.4, 0.5) is 11.4 Å². The van der Waals surface area contributed by atoms with Crippen LogP contribution in [0, 0.1) is 6.92 Å². The highest BCUT2D eigenvalue weighted by molar-refractivity contribution is 7.92. The number of benzene rings is 2. The molecule has 0 saturated carbocycles. The monoisotopic (exact) mass is 378 g/mol. The van der Waals surface area contributed by atoms with Crippen LogP contribution in [0.15, 0.2) is 36.4 Å². The third kappa shape index (κ3) is 4.26. The number of aryl methyl sites for hydroxylation is 1. The van der Waals surface area contributed by atoms with E-state index in [0.29, 0.717) is 28.4 Å². The quantitative estimate of drug-likeness (QED) is 0.835. The Morgan fingerprint density at radius 1 is 1.08 bits per heavy atom. The third-order valence-electron chi connectivity index (χ3n) is 3.96. The highest BCUT2D eigenvalue weighted by Crippen LogP contribution is 2.30. The summed E-state index contributed by atoms with van der Waals surface area (Å²) in [5.41, 5.74) is 2.01. The van der Waals surface area contributed by atoms with Gasteiger partial charge in [0.05, 0.1) is 31.9 Å². The van der Waals surface area contributed by atoms with Gasteiger partial charge in [0.25, 0.3) is 5.91 Å². The molecule has 0 radical (unpaired) electrons. The summed E-state index contributed by atoms with van der Waals surface area (Å²) in [4.78, 5) is 12.6. The van der Waals surface area contributed by atoms with E-state index in [1.807, 2.05) is 0 Å². The Bertz CT molecular complexity index is 925. The maximum Gasteiger partial charge on any atom is 0.255 e. The first-order valence-corrected chi connectivity index (χ1v) is 9.60. The standard InChI is InChI=1S/C18H22N2O5S/c1-12-6-7-13(10-16(12)20(2)26(5,22)23)18(21)19-15-9-8-14(24-3)11-17(15)25-4/h6-11H,1-5H3,(H,19,21). The minimum atomic E-state index is -3.43. The van der Waals surface area contributed by atoms with Crippen LogP contribution in [0.2, 0.25) is 0 Å². The summed E-state index contributed by atoms with van der Waals surface area (Å²) in [5, 5.41) is 2.77. The van der Waals surface area contributed by atoms with Crippen molar-refractivity contribution >= 4 is 27.3 Å². The van der Waals surface area contributed by atoms with E-state index in [-0.39, 0.29) is 5.91 Å². The minimum Gasteiger partial charge on any atom is -0.497 e. The molecule has 8 heteroatoms. The van der Waals surface area contributed by atoms with Crippen molar-refractivity contribution in [1.82, 2.24) is 0 Å². The van der Waals surface area contributed by atoms with Crippen molar-refractivity contribution in [1.29, 1.82) is 0 Å². The fraction of sp³-hybridized carbons (Fsp3) is 0.278. The van der Waals surface area contributed by atoms with Gasteiger partial charge in [0, 0.05) is 18.7 Å². The van der Waals surface area contributed by atoms with Gasteiger partial charge in [-0.15, -0.1) is 0 Å². The van der Waals surface area contributed by atoms with Gasteiger partial charge in [-0.25, -0.2) is 8.42 Å². The molecule has 1 N–H and O–H groups in total. The van der Waals surface area contributed by atoms with E-state index in [1.54, 1.807) is 50.4 Å². The summed E-state index contributed by atoms with van der Waals surface area (Å²) < 4.78 is 35.1. The maximum absolute atomic E-state index is 12.6. The fourth-order valence-corrected chi connectivity index (χ4v) is 2.92. The van der Waals surface area contributed by atoms with E-state index in [9.17, 15) is 13.2 Å². The SMILES string of the molecule is COc1ccc(NC(=O)c2ccc(C)c(N(C)S(C)(=O)=O)c2)c(OC)c1. The van der Waals surface area contributed by atoms with Gasteiger partial charge < -0.3 is 14.8 Å². The van der Waals surface area contributed by atoms with Gasteiger partial charge >= 0.3 is 0 Å². The second-order valence-electron chi connectivity index (χ2n) is 5.75. The first kappa shape index (κ1) is 19.6. The Kier molecular flexibility index (Phi) is 5.76. The number of anilines is 2. The van der Waals surface area contributed by atoms with E-state index in [1.165, 1.54) is 14.2 Å². The average Bonchev–Trinajstić information content (AvgIpc) is 2.60. The lowest BCUT2D eigenvalue weighted by Crippen LogP contribution is -2.26. The second kappa shape index (κ2) is 7.65. The molecule has 0 unspecified atom stereocenters. The third-order valence-corrected chi connectivity index (χ3v) is 5.16. The minimum absolute atomic E-state index is 0.332. The summed E-state index contributed by atoms with van der Waals surface area (Å²) >= 11 is 0. The Labute approximate surface area is 153 Å². The summed E-state index contributed by atoms with van der Waals surface area (Å²) in [5.74, 6) is 0.683. The topological polar surface area (TPSA) is 84.9 Å². The van der Waals surface area contributed by atoms with Crippen LogP contribution in [-0.2, 0) is 10.0 Å². The fourth-order valence-electron chi connectivity index (χ4n) is 2.36. The number of hydrogen-bond acceptors (Lipinski definition) is 5. The highest BCUT2D eigenvalue weighted by atomic mass is 32.2. The zero-order valence-electron chi connectivity index (χ0n) is 15.4. The van der Waals surface area contributed by atoms with Crippen molar-refractivity contribution in [3.05, 3.63) is 47.5 Å². The largest absolute Gasteiger partial charge is 0.497 e. The van der Waals surface area contributed by atoms with E-state index in [0.717, 1.165) is 16.1 Å². The number of nitrogens with one attached hydrogen (secondary N) is 1. The van der Waals surface area contributed by atoms with E-state index < -0.39 is 10.0 Å². The molecule has 0 saturated heterocycles. The number of ether oxygens (including phenoxy) is 2. The lowest BCUT2D eigenvalue weighted by Gasteiger charge is -2.20. The number of nitrogens with zero attached hydrogens (tertiary/aromatic N) is 1. The molecule has 2 aromatic rings. The van der Waals surface area contributed by atoms with Gasteiger partial charge in [-0.2, -0.15) is 0 Å². The summed E-state index contributed by atoms with van der Waals surface area (Å²) in [6, 6.07) is 9.93. The number of amides is 1. The van der Waals surface area contributed by atoms with Gasteiger partial charge in [-0.1, -0.05) is 6.07 Å². The molecule has 0 aliphatic rings.